The molecule has 1 N–H and O–H groups in total. The molecule has 0 radical (unpaired) electrons. The van der Waals surface area contributed by atoms with Crippen LogP contribution in [-0.4, -0.2) is 29.3 Å². The fourth-order valence-corrected chi connectivity index (χ4v) is 3.56. The topological polar surface area (TPSA) is 49.4 Å². The van der Waals surface area contributed by atoms with E-state index in [2.05, 4.69) is 5.32 Å². The fraction of sp³-hybridized carbons (Fsp3) is 0.529. The van der Waals surface area contributed by atoms with Crippen molar-refractivity contribution in [1.82, 2.24) is 4.90 Å². The van der Waals surface area contributed by atoms with Crippen molar-refractivity contribution in [3.8, 4) is 0 Å². The highest BCUT2D eigenvalue weighted by molar-refractivity contribution is 6.30. The van der Waals surface area contributed by atoms with Gasteiger partial charge < -0.3 is 10.2 Å². The standard InChI is InChI=1S/C17H21ClN2O2/c18-13-6-8-14(9-7-13)19-17(22)12-10-16(21)20(11-12)15-4-2-1-3-5-15/h6-9,12,15H,1-5,10-11H2,(H,19,22)/t12-/m1/s1. The molecular formula is C17H21ClN2O2. The van der Waals surface area contributed by atoms with Gasteiger partial charge in [-0.1, -0.05) is 30.9 Å². The van der Waals surface area contributed by atoms with Crippen molar-refractivity contribution < 1.29 is 9.59 Å². The summed E-state index contributed by atoms with van der Waals surface area (Å²) in [7, 11) is 0. The lowest BCUT2D eigenvalue weighted by molar-refractivity contribution is -0.130. The average Bonchev–Trinajstić information content (AvgIpc) is 2.92. The number of carbonyl (C=O) groups excluding carboxylic acids is 2. The minimum atomic E-state index is -0.245. The van der Waals surface area contributed by atoms with Gasteiger partial charge in [0.25, 0.3) is 0 Å². The summed E-state index contributed by atoms with van der Waals surface area (Å²) in [4.78, 5) is 26.5. The van der Waals surface area contributed by atoms with Crippen LogP contribution in [0.5, 0.6) is 0 Å². The Hall–Kier alpha value is -1.55. The molecule has 1 aromatic rings. The van der Waals surface area contributed by atoms with E-state index in [1.54, 1.807) is 24.3 Å². The van der Waals surface area contributed by atoms with E-state index in [0.717, 1.165) is 18.5 Å². The van der Waals surface area contributed by atoms with Crippen LogP contribution in [0.2, 0.25) is 5.02 Å². The molecule has 118 valence electrons. The number of rotatable bonds is 3. The smallest absolute Gasteiger partial charge is 0.229 e. The van der Waals surface area contributed by atoms with E-state index in [0.29, 0.717) is 24.0 Å². The molecule has 0 spiro atoms. The van der Waals surface area contributed by atoms with Gasteiger partial charge in [0.1, 0.15) is 0 Å². The Bertz CT molecular complexity index is 552. The van der Waals surface area contributed by atoms with Crippen molar-refractivity contribution in [3.05, 3.63) is 29.3 Å². The number of halogens is 1. The monoisotopic (exact) mass is 320 g/mol. The summed E-state index contributed by atoms with van der Waals surface area (Å²) in [5, 5.41) is 3.52. The van der Waals surface area contributed by atoms with Gasteiger partial charge in [-0.3, -0.25) is 9.59 Å². The molecule has 0 unspecified atom stereocenters. The molecule has 1 heterocycles. The van der Waals surface area contributed by atoms with Gasteiger partial charge in [-0.2, -0.15) is 0 Å². The van der Waals surface area contributed by atoms with Crippen LogP contribution in [0.1, 0.15) is 38.5 Å². The number of benzene rings is 1. The molecule has 2 fully saturated rings. The van der Waals surface area contributed by atoms with Crippen molar-refractivity contribution in [2.45, 2.75) is 44.6 Å². The molecule has 5 heteroatoms. The molecular weight excluding hydrogens is 300 g/mol. The second kappa shape index (κ2) is 6.69. The maximum atomic E-state index is 12.4. The highest BCUT2D eigenvalue weighted by atomic mass is 35.5. The Balaban J connectivity index is 1.59. The van der Waals surface area contributed by atoms with Crippen molar-refractivity contribution in [2.75, 3.05) is 11.9 Å². The van der Waals surface area contributed by atoms with Crippen LogP contribution in [0, 0.1) is 5.92 Å². The van der Waals surface area contributed by atoms with Crippen LogP contribution in [0.3, 0.4) is 0 Å². The number of hydrogen-bond donors (Lipinski definition) is 1. The Morgan fingerprint density at radius 1 is 1.14 bits per heavy atom. The molecule has 2 aliphatic rings. The first-order valence-electron chi connectivity index (χ1n) is 7.99. The first-order valence-corrected chi connectivity index (χ1v) is 8.37. The quantitative estimate of drug-likeness (QED) is 0.927. The number of nitrogens with one attached hydrogen (secondary N) is 1. The van der Waals surface area contributed by atoms with Crippen LogP contribution in [0.25, 0.3) is 0 Å². The summed E-state index contributed by atoms with van der Waals surface area (Å²) in [5.41, 5.74) is 0.720. The molecule has 0 aromatic heterocycles. The molecule has 2 amide bonds. The minimum Gasteiger partial charge on any atom is -0.339 e. The third-order valence-electron chi connectivity index (χ3n) is 4.66. The lowest BCUT2D eigenvalue weighted by atomic mass is 9.94. The minimum absolute atomic E-state index is 0.0750. The van der Waals surface area contributed by atoms with Gasteiger partial charge in [0.15, 0.2) is 0 Å². The Morgan fingerprint density at radius 2 is 1.82 bits per heavy atom. The number of likely N-dealkylation sites (tertiary alicyclic amines) is 1. The Kier molecular flexibility index (Phi) is 4.67. The average molecular weight is 321 g/mol. The van der Waals surface area contributed by atoms with Crippen molar-refractivity contribution in [3.63, 3.8) is 0 Å². The fourth-order valence-electron chi connectivity index (χ4n) is 3.43. The summed E-state index contributed by atoms with van der Waals surface area (Å²) < 4.78 is 0. The number of carbonyl (C=O) groups is 2. The molecule has 3 rings (SSSR count). The van der Waals surface area contributed by atoms with Crippen LogP contribution < -0.4 is 5.32 Å². The van der Waals surface area contributed by atoms with Gasteiger partial charge in [-0.25, -0.2) is 0 Å². The van der Waals surface area contributed by atoms with Crippen molar-refractivity contribution in [2.24, 2.45) is 5.92 Å². The highest BCUT2D eigenvalue weighted by Gasteiger charge is 2.38. The second-order valence-electron chi connectivity index (χ2n) is 6.24. The lowest BCUT2D eigenvalue weighted by Gasteiger charge is -2.31. The summed E-state index contributed by atoms with van der Waals surface area (Å²) in [6, 6.07) is 7.37. The molecule has 1 saturated carbocycles. The van der Waals surface area contributed by atoms with Gasteiger partial charge in [0.05, 0.1) is 5.92 Å². The first kappa shape index (κ1) is 15.3. The van der Waals surface area contributed by atoms with E-state index < -0.39 is 0 Å². The molecule has 0 bridgehead atoms. The van der Waals surface area contributed by atoms with E-state index in [1.807, 2.05) is 4.90 Å². The van der Waals surface area contributed by atoms with Gasteiger partial charge in [-0.05, 0) is 37.1 Å². The van der Waals surface area contributed by atoms with Crippen LogP contribution in [0.4, 0.5) is 5.69 Å². The van der Waals surface area contributed by atoms with Gasteiger partial charge >= 0.3 is 0 Å². The Morgan fingerprint density at radius 3 is 2.50 bits per heavy atom. The summed E-state index contributed by atoms with van der Waals surface area (Å²) >= 11 is 5.84. The second-order valence-corrected chi connectivity index (χ2v) is 6.67. The third-order valence-corrected chi connectivity index (χ3v) is 4.91. The molecule has 1 aliphatic heterocycles. The molecule has 1 aliphatic carbocycles. The number of anilines is 1. The third kappa shape index (κ3) is 3.43. The van der Waals surface area contributed by atoms with Crippen molar-refractivity contribution in [1.29, 1.82) is 0 Å². The predicted octanol–water partition coefficient (Wildman–Crippen LogP) is 3.46. The summed E-state index contributed by atoms with van der Waals surface area (Å²) in [5.74, 6) is -0.192. The van der Waals surface area contributed by atoms with Crippen LogP contribution in [-0.2, 0) is 9.59 Å². The molecule has 1 aromatic carbocycles. The summed E-state index contributed by atoms with van der Waals surface area (Å²) in [6.45, 7) is 0.558. The molecule has 1 saturated heterocycles. The number of nitrogens with zero attached hydrogens (tertiary/aromatic N) is 1. The number of hydrogen-bond acceptors (Lipinski definition) is 2. The van der Waals surface area contributed by atoms with E-state index in [-0.39, 0.29) is 17.7 Å². The van der Waals surface area contributed by atoms with Gasteiger partial charge in [-0.15, -0.1) is 0 Å². The zero-order valence-electron chi connectivity index (χ0n) is 12.6. The normalized spacial score (nSPS) is 22.9. The largest absolute Gasteiger partial charge is 0.339 e. The van der Waals surface area contributed by atoms with E-state index in [9.17, 15) is 9.59 Å². The predicted molar refractivity (Wildman–Crippen MR) is 86.8 cm³/mol. The van der Waals surface area contributed by atoms with E-state index >= 15 is 0 Å². The molecule has 4 nitrogen and oxygen atoms in total. The number of amides is 2. The molecule has 1 atom stereocenters. The van der Waals surface area contributed by atoms with Gasteiger partial charge in [0, 0.05) is 29.7 Å². The van der Waals surface area contributed by atoms with Crippen LogP contribution >= 0.6 is 11.6 Å². The van der Waals surface area contributed by atoms with Gasteiger partial charge in [0.2, 0.25) is 11.8 Å². The van der Waals surface area contributed by atoms with E-state index in [1.165, 1.54) is 19.3 Å². The maximum absolute atomic E-state index is 12.4. The van der Waals surface area contributed by atoms with E-state index in [4.69, 9.17) is 11.6 Å². The highest BCUT2D eigenvalue weighted by Crippen LogP contribution is 2.29. The Labute approximate surface area is 135 Å². The summed E-state index contributed by atoms with van der Waals surface area (Å²) in [6.07, 6.45) is 6.13. The zero-order valence-corrected chi connectivity index (χ0v) is 13.3. The SMILES string of the molecule is O=C(Nc1ccc(Cl)cc1)[C@@H]1CC(=O)N(C2CCCCC2)C1. The maximum Gasteiger partial charge on any atom is 0.229 e. The van der Waals surface area contributed by atoms with Crippen LogP contribution in [0.15, 0.2) is 24.3 Å². The first-order chi connectivity index (χ1) is 10.6. The zero-order chi connectivity index (χ0) is 15.5. The molecule has 22 heavy (non-hydrogen) atoms. The lowest BCUT2D eigenvalue weighted by Crippen LogP contribution is -2.38. The van der Waals surface area contributed by atoms with Crippen molar-refractivity contribution >= 4 is 29.1 Å².